The Hall–Kier alpha value is -2.69. The molecule has 9 nitrogen and oxygen atoms in total. The van der Waals surface area contributed by atoms with Gasteiger partial charge in [-0.3, -0.25) is 25.8 Å². The molecule has 154 valence electrons. The topological polar surface area (TPSA) is 122 Å². The third-order valence-electron chi connectivity index (χ3n) is 4.54. The lowest BCUT2D eigenvalue weighted by Gasteiger charge is -2.26. The van der Waals surface area contributed by atoms with Crippen molar-refractivity contribution in [2.24, 2.45) is 0 Å². The quantitative estimate of drug-likeness (QED) is 0.527. The van der Waals surface area contributed by atoms with Crippen molar-refractivity contribution in [1.29, 1.82) is 0 Å². The third kappa shape index (κ3) is 4.66. The number of hydrogen-bond donors (Lipinski definition) is 2. The molecule has 0 atom stereocenters. The summed E-state index contributed by atoms with van der Waals surface area (Å²) in [4.78, 5) is 22.8. The summed E-state index contributed by atoms with van der Waals surface area (Å²) in [5.41, 5.74) is 4.78. The van der Waals surface area contributed by atoms with E-state index in [1.54, 1.807) is 6.07 Å². The summed E-state index contributed by atoms with van der Waals surface area (Å²) in [6.07, 6.45) is 2.52. The maximum absolute atomic E-state index is 12.9. The van der Waals surface area contributed by atoms with Crippen molar-refractivity contribution in [3.8, 4) is 0 Å². The number of nitrogens with one attached hydrogen (secondary N) is 2. The molecule has 1 aliphatic heterocycles. The van der Waals surface area contributed by atoms with Crippen LogP contribution < -0.4 is 10.9 Å². The van der Waals surface area contributed by atoms with Gasteiger partial charge in [0.2, 0.25) is 10.0 Å². The summed E-state index contributed by atoms with van der Waals surface area (Å²) < 4.78 is 27.2. The van der Waals surface area contributed by atoms with Gasteiger partial charge < -0.3 is 0 Å². The second-order valence-corrected chi connectivity index (χ2v) is 8.78. The largest absolute Gasteiger partial charge is 0.294 e. The molecule has 0 bridgehead atoms. The molecular formula is C18H19ClN4O5S. The van der Waals surface area contributed by atoms with Crippen molar-refractivity contribution in [3.63, 3.8) is 0 Å². The summed E-state index contributed by atoms with van der Waals surface area (Å²) in [6, 6.07) is 9.75. The van der Waals surface area contributed by atoms with E-state index in [1.807, 2.05) is 0 Å². The minimum absolute atomic E-state index is 0.0266. The normalized spacial score (nSPS) is 14.9. The molecule has 29 heavy (non-hydrogen) atoms. The number of hydrazine groups is 1. The number of nitro benzene ring substituents is 1. The van der Waals surface area contributed by atoms with Gasteiger partial charge in [0.1, 0.15) is 10.6 Å². The average molecular weight is 439 g/mol. The molecule has 0 radical (unpaired) electrons. The second kappa shape index (κ2) is 8.76. The van der Waals surface area contributed by atoms with Crippen LogP contribution in [0.4, 0.5) is 11.4 Å². The Labute approximate surface area is 172 Å². The number of halogens is 1. The lowest BCUT2D eigenvalue weighted by molar-refractivity contribution is -0.384. The van der Waals surface area contributed by atoms with Crippen molar-refractivity contribution in [2.45, 2.75) is 24.2 Å². The number of nitrogens with zero attached hydrogens (tertiary/aromatic N) is 2. The molecule has 3 rings (SSSR count). The fraction of sp³-hybridized carbons (Fsp3) is 0.278. The Balaban J connectivity index is 1.80. The summed E-state index contributed by atoms with van der Waals surface area (Å²) in [5.74, 6) is -0.657. The predicted octanol–water partition coefficient (Wildman–Crippen LogP) is 3.18. The Morgan fingerprint density at radius 2 is 1.79 bits per heavy atom. The van der Waals surface area contributed by atoms with Gasteiger partial charge in [0.25, 0.3) is 11.6 Å². The van der Waals surface area contributed by atoms with Crippen molar-refractivity contribution in [3.05, 3.63) is 63.2 Å². The molecule has 0 spiro atoms. The number of piperidine rings is 1. The van der Waals surface area contributed by atoms with E-state index < -0.39 is 20.9 Å². The summed E-state index contributed by atoms with van der Waals surface area (Å²) >= 11 is 6.11. The number of carbonyl (C=O) groups is 1. The van der Waals surface area contributed by atoms with Gasteiger partial charge in [-0.25, -0.2) is 8.42 Å². The smallest absolute Gasteiger partial charge is 0.292 e. The fourth-order valence-corrected chi connectivity index (χ4v) is 5.04. The van der Waals surface area contributed by atoms with E-state index in [1.165, 1.54) is 40.7 Å². The monoisotopic (exact) mass is 438 g/mol. The van der Waals surface area contributed by atoms with Crippen LogP contribution in [0.5, 0.6) is 0 Å². The summed E-state index contributed by atoms with van der Waals surface area (Å²) in [5, 5.41) is 11.1. The molecule has 0 saturated carbocycles. The van der Waals surface area contributed by atoms with Gasteiger partial charge in [-0.05, 0) is 37.1 Å². The first-order valence-electron chi connectivity index (χ1n) is 8.90. The highest BCUT2D eigenvalue weighted by Crippen LogP contribution is 2.28. The molecule has 0 aliphatic carbocycles. The summed E-state index contributed by atoms with van der Waals surface area (Å²) in [7, 11) is -3.82. The number of amides is 1. The summed E-state index contributed by atoms with van der Waals surface area (Å²) in [6.45, 7) is 0.822. The van der Waals surface area contributed by atoms with Gasteiger partial charge >= 0.3 is 0 Å². The Kier molecular flexibility index (Phi) is 6.36. The van der Waals surface area contributed by atoms with Crippen LogP contribution in [-0.2, 0) is 10.0 Å². The highest BCUT2D eigenvalue weighted by atomic mass is 35.5. The number of para-hydroxylation sites is 2. The number of benzene rings is 2. The van der Waals surface area contributed by atoms with Gasteiger partial charge in [0.05, 0.1) is 9.95 Å². The van der Waals surface area contributed by atoms with Crippen LogP contribution in [0.2, 0.25) is 5.02 Å². The number of rotatable bonds is 6. The molecule has 0 aromatic heterocycles. The van der Waals surface area contributed by atoms with Crippen LogP contribution in [0.3, 0.4) is 0 Å². The van der Waals surface area contributed by atoms with E-state index in [0.717, 1.165) is 19.3 Å². The first-order chi connectivity index (χ1) is 13.8. The maximum Gasteiger partial charge on any atom is 0.294 e. The van der Waals surface area contributed by atoms with Crippen molar-refractivity contribution >= 4 is 38.9 Å². The van der Waals surface area contributed by atoms with Gasteiger partial charge in [0, 0.05) is 24.7 Å². The van der Waals surface area contributed by atoms with E-state index in [0.29, 0.717) is 13.1 Å². The van der Waals surface area contributed by atoms with Crippen LogP contribution in [-0.4, -0.2) is 36.6 Å². The number of carbonyl (C=O) groups excluding carboxylic acids is 1. The second-order valence-electron chi connectivity index (χ2n) is 6.46. The minimum atomic E-state index is -3.82. The van der Waals surface area contributed by atoms with Gasteiger partial charge in [0.15, 0.2) is 0 Å². The van der Waals surface area contributed by atoms with Crippen molar-refractivity contribution < 1.29 is 18.1 Å². The Bertz CT molecular complexity index is 1040. The van der Waals surface area contributed by atoms with Gasteiger partial charge in [-0.1, -0.05) is 30.2 Å². The molecule has 2 N–H and O–H groups in total. The highest BCUT2D eigenvalue weighted by molar-refractivity contribution is 7.89. The minimum Gasteiger partial charge on any atom is -0.292 e. The molecule has 1 saturated heterocycles. The zero-order chi connectivity index (χ0) is 21.0. The number of sulfonamides is 1. The van der Waals surface area contributed by atoms with Crippen LogP contribution in [0.25, 0.3) is 0 Å². The Morgan fingerprint density at radius 1 is 1.10 bits per heavy atom. The first kappa shape index (κ1) is 21.0. The number of anilines is 1. The highest BCUT2D eigenvalue weighted by Gasteiger charge is 2.28. The van der Waals surface area contributed by atoms with Crippen LogP contribution in [0.1, 0.15) is 29.6 Å². The maximum atomic E-state index is 12.9. The standard InChI is InChI=1S/C18H19ClN4O5S/c19-14-9-8-13(12-17(14)29(27,28)22-10-4-1-5-11-22)18(24)21-20-15-6-2-3-7-16(15)23(25)26/h2-3,6-9,12,20H,1,4-5,10-11H2,(H,21,24). The predicted molar refractivity (Wildman–Crippen MR) is 108 cm³/mol. The Morgan fingerprint density at radius 3 is 2.48 bits per heavy atom. The van der Waals surface area contributed by atoms with Crippen LogP contribution in [0.15, 0.2) is 47.4 Å². The number of nitro groups is 1. The third-order valence-corrected chi connectivity index (χ3v) is 6.92. The molecule has 1 aliphatic rings. The van der Waals surface area contributed by atoms with Crippen LogP contribution >= 0.6 is 11.6 Å². The van der Waals surface area contributed by atoms with E-state index in [-0.39, 0.29) is 26.9 Å². The lowest BCUT2D eigenvalue weighted by atomic mass is 10.2. The van der Waals surface area contributed by atoms with E-state index in [4.69, 9.17) is 11.6 Å². The fourth-order valence-electron chi connectivity index (χ4n) is 3.02. The molecule has 1 amide bonds. The zero-order valence-electron chi connectivity index (χ0n) is 15.3. The van der Waals surface area contributed by atoms with E-state index in [9.17, 15) is 23.3 Å². The van der Waals surface area contributed by atoms with E-state index >= 15 is 0 Å². The average Bonchev–Trinajstić information content (AvgIpc) is 2.73. The molecule has 1 fully saturated rings. The van der Waals surface area contributed by atoms with Crippen molar-refractivity contribution in [1.82, 2.24) is 9.73 Å². The molecular weight excluding hydrogens is 420 g/mol. The molecule has 2 aromatic carbocycles. The van der Waals surface area contributed by atoms with Gasteiger partial charge in [-0.15, -0.1) is 0 Å². The molecule has 11 heteroatoms. The molecule has 1 heterocycles. The zero-order valence-corrected chi connectivity index (χ0v) is 16.9. The van der Waals surface area contributed by atoms with Crippen molar-refractivity contribution in [2.75, 3.05) is 18.5 Å². The molecule has 0 unspecified atom stereocenters. The first-order valence-corrected chi connectivity index (χ1v) is 10.7. The lowest BCUT2D eigenvalue weighted by Crippen LogP contribution is -2.36. The van der Waals surface area contributed by atoms with Crippen LogP contribution in [0, 0.1) is 10.1 Å². The SMILES string of the molecule is O=C(NNc1ccccc1[N+](=O)[O-])c1ccc(Cl)c(S(=O)(=O)N2CCCCC2)c1. The molecule has 2 aromatic rings. The van der Waals surface area contributed by atoms with Gasteiger partial charge in [-0.2, -0.15) is 4.31 Å². The number of hydrogen-bond acceptors (Lipinski definition) is 6. The van der Waals surface area contributed by atoms with E-state index in [2.05, 4.69) is 10.9 Å².